The van der Waals surface area contributed by atoms with E-state index in [0.29, 0.717) is 0 Å². The molecule has 0 bridgehead atoms. The summed E-state index contributed by atoms with van der Waals surface area (Å²) in [5.74, 6) is -7.97. The average molecular weight is 344 g/mol. The summed E-state index contributed by atoms with van der Waals surface area (Å²) in [5.41, 5.74) is 0. The van der Waals surface area contributed by atoms with Crippen LogP contribution in [0.2, 0.25) is 19.6 Å². The fraction of sp³-hybridized carbons (Fsp3) is 0.400. The molecule has 0 spiro atoms. The maximum Gasteiger partial charge on any atom is 0.433 e. The highest BCUT2D eigenvalue weighted by atomic mass is 79.9. The quantitative estimate of drug-likeness (QED) is 0.518. The van der Waals surface area contributed by atoms with Crippen LogP contribution in [0.25, 0.3) is 0 Å². The molecule has 1 atom stereocenters. The molecule has 1 nitrogen and oxygen atoms in total. The summed E-state index contributed by atoms with van der Waals surface area (Å²) >= 11 is 2.90. The lowest BCUT2D eigenvalue weighted by Crippen LogP contribution is -2.22. The molecule has 1 aromatic carbocycles. The zero-order valence-electron chi connectivity index (χ0n) is 9.79. The van der Waals surface area contributed by atoms with E-state index in [4.69, 9.17) is 0 Å². The number of hydrogen-bond donors (Lipinski definition) is 0. The van der Waals surface area contributed by atoms with Gasteiger partial charge in [-0.05, 0) is 15.5 Å². The molecule has 96 valence electrons. The zero-order valence-corrected chi connectivity index (χ0v) is 13.3. The number of alkyl halides is 3. The van der Waals surface area contributed by atoms with E-state index >= 15 is 0 Å². The van der Waals surface area contributed by atoms with Crippen LogP contribution in [-0.2, 0) is 0 Å². The Morgan fingerprint density at radius 1 is 1.12 bits per heavy atom. The highest BCUT2D eigenvalue weighted by Gasteiger charge is 2.48. The van der Waals surface area contributed by atoms with E-state index in [9.17, 15) is 13.2 Å². The second-order valence-electron chi connectivity index (χ2n) is 4.63. The first kappa shape index (κ1) is 15.0. The SMILES string of the molecule is C[Si](C)(C)N=P(Br)(c1ccccc1)C(F)(F)F. The topological polar surface area (TPSA) is 12.4 Å². The van der Waals surface area contributed by atoms with Crippen LogP contribution in [0.5, 0.6) is 0 Å². The van der Waals surface area contributed by atoms with Gasteiger partial charge in [0.2, 0.25) is 0 Å². The molecular formula is C10H14BrF3NPSi. The van der Waals surface area contributed by atoms with E-state index in [1.165, 1.54) is 12.1 Å². The van der Waals surface area contributed by atoms with Gasteiger partial charge in [-0.2, -0.15) is 13.2 Å². The number of rotatable bonds is 2. The van der Waals surface area contributed by atoms with Crippen LogP contribution in [0.1, 0.15) is 0 Å². The van der Waals surface area contributed by atoms with Crippen molar-refractivity contribution < 1.29 is 13.2 Å². The first-order valence-electron chi connectivity index (χ1n) is 5.02. The lowest BCUT2D eigenvalue weighted by atomic mass is 10.4. The summed E-state index contributed by atoms with van der Waals surface area (Å²) in [6.07, 6.45) is 0. The van der Waals surface area contributed by atoms with Crippen LogP contribution in [0, 0.1) is 0 Å². The largest absolute Gasteiger partial charge is 0.433 e. The normalized spacial score (nSPS) is 16.4. The number of hydrogen-bond acceptors (Lipinski definition) is 1. The molecule has 0 aliphatic heterocycles. The number of nitrogens with zero attached hydrogens (tertiary/aromatic N) is 1. The summed E-state index contributed by atoms with van der Waals surface area (Å²) in [6, 6.07) is 7.89. The minimum atomic E-state index is -4.34. The molecule has 0 amide bonds. The third-order valence-electron chi connectivity index (χ3n) is 1.87. The van der Waals surface area contributed by atoms with Crippen molar-refractivity contribution in [2.45, 2.75) is 25.6 Å². The van der Waals surface area contributed by atoms with E-state index in [1.807, 2.05) is 0 Å². The van der Waals surface area contributed by atoms with Crippen molar-refractivity contribution in [3.8, 4) is 0 Å². The molecule has 0 aliphatic carbocycles. The van der Waals surface area contributed by atoms with Gasteiger partial charge in [-0.3, -0.25) is 0 Å². The molecule has 1 aromatic rings. The van der Waals surface area contributed by atoms with Crippen molar-refractivity contribution >= 4 is 34.8 Å². The molecule has 0 fully saturated rings. The lowest BCUT2D eigenvalue weighted by Gasteiger charge is -2.25. The van der Waals surface area contributed by atoms with E-state index < -0.39 is 19.9 Å². The molecule has 0 radical (unpaired) electrons. The number of halogens is 4. The maximum atomic E-state index is 13.3. The Kier molecular flexibility index (Phi) is 4.32. The lowest BCUT2D eigenvalue weighted by molar-refractivity contribution is -0.0384. The molecule has 0 heterocycles. The van der Waals surface area contributed by atoms with E-state index in [1.54, 1.807) is 37.8 Å². The predicted molar refractivity (Wildman–Crippen MR) is 73.8 cm³/mol. The zero-order chi connectivity index (χ0) is 13.3. The van der Waals surface area contributed by atoms with Gasteiger partial charge in [0.1, 0.15) is 0 Å². The Hall–Kier alpha value is -0.0631. The van der Waals surface area contributed by atoms with Gasteiger partial charge in [-0.15, -0.1) is 0 Å². The fourth-order valence-corrected chi connectivity index (χ4v) is 11.4. The molecule has 0 N–H and O–H groups in total. The molecule has 1 rings (SSSR count). The average Bonchev–Trinajstić information content (AvgIpc) is 2.14. The van der Waals surface area contributed by atoms with Crippen LogP contribution in [0.3, 0.4) is 0 Å². The van der Waals surface area contributed by atoms with Gasteiger partial charge in [0.15, 0.2) is 14.0 Å². The second-order valence-corrected chi connectivity index (χ2v) is 15.0. The standard InChI is InChI=1S/C10H14BrF3NPSi/c1-17(2,3)15-16(11,10(12,13)14)9-7-5-4-6-8-9/h4-8H,1-3H3. The van der Waals surface area contributed by atoms with Gasteiger partial charge in [0.25, 0.3) is 0 Å². The van der Waals surface area contributed by atoms with Gasteiger partial charge >= 0.3 is 5.92 Å². The third kappa shape index (κ3) is 3.70. The molecule has 0 saturated heterocycles. The minimum Gasteiger partial charge on any atom is -0.317 e. The van der Waals surface area contributed by atoms with Gasteiger partial charge in [-0.1, -0.05) is 50.0 Å². The summed E-state index contributed by atoms with van der Waals surface area (Å²) in [6.45, 7) is 5.41. The Morgan fingerprint density at radius 2 is 1.59 bits per heavy atom. The van der Waals surface area contributed by atoms with Gasteiger partial charge in [0.05, 0.1) is 0 Å². The van der Waals surface area contributed by atoms with Crippen LogP contribution in [0.4, 0.5) is 13.2 Å². The second kappa shape index (κ2) is 4.90. The highest BCUT2D eigenvalue weighted by Crippen LogP contribution is 2.69. The van der Waals surface area contributed by atoms with Crippen LogP contribution >= 0.6 is 21.2 Å². The molecule has 0 aromatic heterocycles. The van der Waals surface area contributed by atoms with Gasteiger partial charge in [-0.25, -0.2) is 0 Å². The van der Waals surface area contributed by atoms with Crippen molar-refractivity contribution in [2.24, 2.45) is 4.41 Å². The van der Waals surface area contributed by atoms with Gasteiger partial charge in [0, 0.05) is 5.30 Å². The first-order chi connectivity index (χ1) is 7.56. The maximum absolute atomic E-state index is 13.3. The Balaban J connectivity index is 3.48. The molecular weight excluding hydrogens is 330 g/mol. The number of benzene rings is 1. The van der Waals surface area contributed by atoms with Crippen LogP contribution < -0.4 is 5.30 Å². The fourth-order valence-electron chi connectivity index (χ4n) is 1.30. The summed E-state index contributed by atoms with van der Waals surface area (Å²) in [4.78, 5) is 0. The van der Waals surface area contributed by atoms with Crippen molar-refractivity contribution in [2.75, 3.05) is 0 Å². The van der Waals surface area contributed by atoms with Crippen molar-refractivity contribution in [1.29, 1.82) is 0 Å². The minimum absolute atomic E-state index is 0.231. The van der Waals surface area contributed by atoms with Crippen molar-refractivity contribution in [1.82, 2.24) is 0 Å². The molecule has 0 saturated carbocycles. The van der Waals surface area contributed by atoms with Crippen LogP contribution in [0.15, 0.2) is 34.7 Å². The summed E-state index contributed by atoms with van der Waals surface area (Å²) in [5, 5.41) is 0.231. The first-order valence-corrected chi connectivity index (χ1v) is 12.2. The Labute approximate surface area is 108 Å². The molecule has 1 unspecified atom stereocenters. The van der Waals surface area contributed by atoms with E-state index in [-0.39, 0.29) is 5.30 Å². The summed E-state index contributed by atoms with van der Waals surface area (Å²) < 4.78 is 43.9. The van der Waals surface area contributed by atoms with Crippen molar-refractivity contribution in [3.05, 3.63) is 30.3 Å². The monoisotopic (exact) mass is 343 g/mol. The van der Waals surface area contributed by atoms with E-state index in [0.717, 1.165) is 0 Å². The van der Waals surface area contributed by atoms with Gasteiger partial charge < -0.3 is 4.41 Å². The molecule has 7 heteroatoms. The van der Waals surface area contributed by atoms with Crippen molar-refractivity contribution in [3.63, 3.8) is 0 Å². The smallest absolute Gasteiger partial charge is 0.317 e. The molecule has 17 heavy (non-hydrogen) atoms. The third-order valence-corrected chi connectivity index (χ3v) is 10.9. The summed E-state index contributed by atoms with van der Waals surface area (Å²) in [7, 11) is -2.18. The highest BCUT2D eigenvalue weighted by molar-refractivity contribution is 9.41. The molecule has 0 aliphatic rings. The predicted octanol–water partition coefficient (Wildman–Crippen LogP) is 5.18. The van der Waals surface area contributed by atoms with Crippen LogP contribution in [-0.4, -0.2) is 14.2 Å². The Bertz CT molecular complexity index is 439. The van der Waals surface area contributed by atoms with E-state index in [2.05, 4.69) is 19.9 Å². The Morgan fingerprint density at radius 3 is 1.94 bits per heavy atom.